The maximum atomic E-state index is 11.0. The maximum Gasteiger partial charge on any atom is 0.339 e. The molecular weight excluding hydrogens is 236 g/mol. The summed E-state index contributed by atoms with van der Waals surface area (Å²) in [6, 6.07) is -0.0208. The SMILES string of the molecule is Cc1nc(N(CC(N)=O)C(C)C)ncc1C(=O)O. The van der Waals surface area contributed by atoms with Crippen molar-refractivity contribution in [3.8, 4) is 0 Å². The van der Waals surface area contributed by atoms with Crippen LogP contribution in [0.5, 0.6) is 0 Å². The monoisotopic (exact) mass is 252 g/mol. The fraction of sp³-hybridized carbons (Fsp3) is 0.455. The van der Waals surface area contributed by atoms with E-state index in [4.69, 9.17) is 10.8 Å². The van der Waals surface area contributed by atoms with Crippen molar-refractivity contribution in [2.45, 2.75) is 26.8 Å². The van der Waals surface area contributed by atoms with Crippen LogP contribution < -0.4 is 10.6 Å². The van der Waals surface area contributed by atoms with Crippen molar-refractivity contribution in [3.05, 3.63) is 17.5 Å². The molecule has 0 fully saturated rings. The maximum absolute atomic E-state index is 11.0. The molecule has 0 aliphatic heterocycles. The number of anilines is 1. The molecule has 18 heavy (non-hydrogen) atoms. The van der Waals surface area contributed by atoms with E-state index in [-0.39, 0.29) is 18.2 Å². The van der Waals surface area contributed by atoms with Crippen molar-refractivity contribution in [2.24, 2.45) is 5.73 Å². The van der Waals surface area contributed by atoms with E-state index < -0.39 is 11.9 Å². The molecule has 0 saturated carbocycles. The van der Waals surface area contributed by atoms with Gasteiger partial charge in [-0.05, 0) is 20.8 Å². The van der Waals surface area contributed by atoms with Gasteiger partial charge in [-0.1, -0.05) is 0 Å². The summed E-state index contributed by atoms with van der Waals surface area (Å²) in [5, 5.41) is 8.88. The Balaban J connectivity index is 3.10. The Hall–Kier alpha value is -2.18. The molecule has 3 N–H and O–H groups in total. The molecule has 0 atom stereocenters. The van der Waals surface area contributed by atoms with E-state index in [9.17, 15) is 9.59 Å². The van der Waals surface area contributed by atoms with Crippen molar-refractivity contribution in [1.29, 1.82) is 0 Å². The minimum Gasteiger partial charge on any atom is -0.478 e. The Kier molecular flexibility index (Phi) is 4.19. The predicted molar refractivity (Wildman–Crippen MR) is 65.4 cm³/mol. The van der Waals surface area contributed by atoms with Gasteiger partial charge in [0, 0.05) is 12.2 Å². The Morgan fingerprint density at radius 1 is 1.50 bits per heavy atom. The summed E-state index contributed by atoms with van der Waals surface area (Å²) in [5.41, 5.74) is 5.55. The fourth-order valence-corrected chi connectivity index (χ4v) is 1.46. The van der Waals surface area contributed by atoms with E-state index in [1.165, 1.54) is 6.20 Å². The van der Waals surface area contributed by atoms with Crippen molar-refractivity contribution in [2.75, 3.05) is 11.4 Å². The number of hydrogen-bond acceptors (Lipinski definition) is 5. The largest absolute Gasteiger partial charge is 0.478 e. The molecule has 98 valence electrons. The molecule has 0 aliphatic rings. The van der Waals surface area contributed by atoms with Crippen molar-refractivity contribution >= 4 is 17.8 Å². The molecule has 1 aromatic heterocycles. The molecule has 0 aliphatic carbocycles. The van der Waals surface area contributed by atoms with Crippen LogP contribution in [0.4, 0.5) is 5.95 Å². The minimum atomic E-state index is -1.08. The second-order valence-corrected chi connectivity index (χ2v) is 4.16. The van der Waals surface area contributed by atoms with Crippen molar-refractivity contribution in [1.82, 2.24) is 9.97 Å². The molecule has 0 aromatic carbocycles. The van der Waals surface area contributed by atoms with Crippen LogP contribution in [0, 0.1) is 6.92 Å². The van der Waals surface area contributed by atoms with Gasteiger partial charge in [-0.2, -0.15) is 0 Å². The molecule has 0 radical (unpaired) electrons. The second kappa shape index (κ2) is 5.44. The van der Waals surface area contributed by atoms with Crippen LogP contribution in [0.1, 0.15) is 29.9 Å². The molecule has 0 unspecified atom stereocenters. The molecule has 1 aromatic rings. The third kappa shape index (κ3) is 3.16. The van der Waals surface area contributed by atoms with E-state index in [1.807, 2.05) is 13.8 Å². The lowest BCUT2D eigenvalue weighted by Crippen LogP contribution is -2.39. The Bertz CT molecular complexity index is 473. The van der Waals surface area contributed by atoms with Crippen LogP contribution in [0.3, 0.4) is 0 Å². The van der Waals surface area contributed by atoms with E-state index in [1.54, 1.807) is 11.8 Å². The van der Waals surface area contributed by atoms with Gasteiger partial charge in [0.1, 0.15) is 0 Å². The first-order valence-electron chi connectivity index (χ1n) is 5.44. The predicted octanol–water partition coefficient (Wildman–Crippen LogP) is 0.183. The Morgan fingerprint density at radius 3 is 2.50 bits per heavy atom. The highest BCUT2D eigenvalue weighted by atomic mass is 16.4. The van der Waals surface area contributed by atoms with Crippen LogP contribution in [0.2, 0.25) is 0 Å². The highest BCUT2D eigenvalue weighted by molar-refractivity contribution is 5.88. The number of carbonyl (C=O) groups excluding carboxylic acids is 1. The summed E-state index contributed by atoms with van der Waals surface area (Å²) in [7, 11) is 0. The summed E-state index contributed by atoms with van der Waals surface area (Å²) in [5.74, 6) is -1.27. The smallest absolute Gasteiger partial charge is 0.339 e. The van der Waals surface area contributed by atoms with Gasteiger partial charge < -0.3 is 15.7 Å². The summed E-state index contributed by atoms with van der Waals surface area (Å²) in [4.78, 5) is 31.5. The number of aromatic carboxylic acids is 1. The molecule has 1 rings (SSSR count). The number of carboxylic acid groups (broad SMARTS) is 1. The first-order chi connectivity index (χ1) is 8.32. The zero-order chi connectivity index (χ0) is 13.9. The number of primary amides is 1. The molecule has 1 heterocycles. The lowest BCUT2D eigenvalue weighted by atomic mass is 10.2. The van der Waals surface area contributed by atoms with Crippen LogP contribution in [0.25, 0.3) is 0 Å². The van der Waals surface area contributed by atoms with Gasteiger partial charge in [-0.3, -0.25) is 4.79 Å². The van der Waals surface area contributed by atoms with Crippen molar-refractivity contribution < 1.29 is 14.7 Å². The molecule has 0 saturated heterocycles. The lowest BCUT2D eigenvalue weighted by molar-refractivity contribution is -0.116. The summed E-state index contributed by atoms with van der Waals surface area (Å²) < 4.78 is 0. The summed E-state index contributed by atoms with van der Waals surface area (Å²) in [6.45, 7) is 5.31. The number of hydrogen-bond donors (Lipinski definition) is 2. The van der Waals surface area contributed by atoms with Gasteiger partial charge in [-0.25, -0.2) is 14.8 Å². The molecule has 0 spiro atoms. The fourth-order valence-electron chi connectivity index (χ4n) is 1.46. The highest BCUT2D eigenvalue weighted by Gasteiger charge is 2.18. The number of aryl methyl sites for hydroxylation is 1. The zero-order valence-electron chi connectivity index (χ0n) is 10.5. The van der Waals surface area contributed by atoms with Gasteiger partial charge >= 0.3 is 5.97 Å². The lowest BCUT2D eigenvalue weighted by Gasteiger charge is -2.25. The number of carbonyl (C=O) groups is 2. The number of nitrogens with zero attached hydrogens (tertiary/aromatic N) is 3. The third-order valence-corrected chi connectivity index (χ3v) is 2.40. The average Bonchev–Trinajstić information content (AvgIpc) is 2.24. The summed E-state index contributed by atoms with van der Waals surface area (Å²) >= 11 is 0. The molecule has 1 amide bonds. The number of aromatic nitrogens is 2. The number of carboxylic acids is 1. The van der Waals surface area contributed by atoms with E-state index in [0.717, 1.165) is 0 Å². The summed E-state index contributed by atoms with van der Waals surface area (Å²) in [6.07, 6.45) is 1.23. The van der Waals surface area contributed by atoms with E-state index in [0.29, 0.717) is 11.6 Å². The minimum absolute atomic E-state index is 0.0104. The Labute approximate surface area is 105 Å². The number of rotatable bonds is 5. The van der Waals surface area contributed by atoms with Gasteiger partial charge in [-0.15, -0.1) is 0 Å². The first kappa shape index (κ1) is 13.9. The highest BCUT2D eigenvalue weighted by Crippen LogP contribution is 2.13. The van der Waals surface area contributed by atoms with E-state index in [2.05, 4.69) is 9.97 Å². The molecular formula is C11H16N4O3. The number of amides is 1. The van der Waals surface area contributed by atoms with Crippen LogP contribution >= 0.6 is 0 Å². The quantitative estimate of drug-likeness (QED) is 0.773. The normalized spacial score (nSPS) is 10.4. The van der Waals surface area contributed by atoms with Gasteiger partial charge in [0.05, 0.1) is 17.8 Å². The first-order valence-corrected chi connectivity index (χ1v) is 5.44. The zero-order valence-corrected chi connectivity index (χ0v) is 10.5. The number of nitrogens with two attached hydrogens (primary N) is 1. The molecule has 7 nitrogen and oxygen atoms in total. The standard InChI is InChI=1S/C11H16N4O3/c1-6(2)15(5-9(12)16)11-13-4-8(10(17)18)7(3)14-11/h4,6H,5H2,1-3H3,(H2,12,16)(H,17,18). The average molecular weight is 252 g/mol. The van der Waals surface area contributed by atoms with E-state index >= 15 is 0 Å². The van der Waals surface area contributed by atoms with Gasteiger partial charge in [0.2, 0.25) is 11.9 Å². The molecule has 0 bridgehead atoms. The van der Waals surface area contributed by atoms with Gasteiger partial charge in [0.25, 0.3) is 0 Å². The molecule has 7 heteroatoms. The second-order valence-electron chi connectivity index (χ2n) is 4.16. The van der Waals surface area contributed by atoms with Crippen LogP contribution in [-0.4, -0.2) is 39.5 Å². The third-order valence-electron chi connectivity index (χ3n) is 2.40. The van der Waals surface area contributed by atoms with Gasteiger partial charge in [0.15, 0.2) is 0 Å². The Morgan fingerprint density at radius 2 is 2.11 bits per heavy atom. The van der Waals surface area contributed by atoms with Crippen LogP contribution in [0.15, 0.2) is 6.20 Å². The topological polar surface area (TPSA) is 109 Å². The van der Waals surface area contributed by atoms with Crippen LogP contribution in [-0.2, 0) is 4.79 Å². The van der Waals surface area contributed by atoms with Crippen molar-refractivity contribution in [3.63, 3.8) is 0 Å².